The van der Waals surface area contributed by atoms with Gasteiger partial charge < -0.3 is 10.2 Å². The highest BCUT2D eigenvalue weighted by molar-refractivity contribution is 5.35. The van der Waals surface area contributed by atoms with Crippen LogP contribution in [0.2, 0.25) is 0 Å². The number of rotatable bonds is 3. The van der Waals surface area contributed by atoms with Gasteiger partial charge in [-0.2, -0.15) is 0 Å². The first-order chi connectivity index (χ1) is 6.70. The molecule has 0 aromatic rings. The van der Waals surface area contributed by atoms with Crippen molar-refractivity contribution >= 4 is 0 Å². The highest BCUT2D eigenvalue weighted by atomic mass is 15.3. The molecule has 2 nitrogen and oxygen atoms in total. The fourth-order valence-corrected chi connectivity index (χ4v) is 1.80. The van der Waals surface area contributed by atoms with E-state index in [4.69, 9.17) is 0 Å². The van der Waals surface area contributed by atoms with E-state index in [1.807, 2.05) is 6.08 Å². The molecule has 2 heteroatoms. The minimum atomic E-state index is 0.917. The molecule has 1 rings (SSSR count). The minimum Gasteiger partial charge on any atom is -0.366 e. The first kappa shape index (κ1) is 10.9. The van der Waals surface area contributed by atoms with E-state index in [9.17, 15) is 0 Å². The van der Waals surface area contributed by atoms with E-state index in [-0.39, 0.29) is 0 Å². The Morgan fingerprint density at radius 2 is 2.36 bits per heavy atom. The fraction of sp³-hybridized carbons (Fsp3) is 0.500. The molecule has 1 aliphatic heterocycles. The molecule has 0 atom stereocenters. The van der Waals surface area contributed by atoms with Crippen LogP contribution in [-0.2, 0) is 0 Å². The Morgan fingerprint density at radius 3 is 2.93 bits per heavy atom. The molecule has 0 unspecified atom stereocenters. The first-order valence-corrected chi connectivity index (χ1v) is 5.13. The predicted molar refractivity (Wildman–Crippen MR) is 61.7 cm³/mol. The molecule has 0 amide bonds. The normalized spacial score (nSPS) is 22.5. The van der Waals surface area contributed by atoms with E-state index in [0.717, 1.165) is 19.5 Å². The van der Waals surface area contributed by atoms with Crippen molar-refractivity contribution in [3.63, 3.8) is 0 Å². The zero-order chi connectivity index (χ0) is 10.6. The van der Waals surface area contributed by atoms with Crippen LogP contribution < -0.4 is 5.32 Å². The number of allylic oxidation sites excluding steroid dienone is 3. The smallest absolute Gasteiger partial charge is 0.0874 e. The van der Waals surface area contributed by atoms with Gasteiger partial charge in [-0.25, -0.2) is 0 Å². The third-order valence-corrected chi connectivity index (χ3v) is 2.56. The third-order valence-electron chi connectivity index (χ3n) is 2.56. The van der Waals surface area contributed by atoms with Crippen LogP contribution >= 0.6 is 0 Å². The maximum Gasteiger partial charge on any atom is 0.0874 e. The second-order valence-electron chi connectivity index (χ2n) is 3.69. The summed E-state index contributed by atoms with van der Waals surface area (Å²) in [5.41, 5.74) is 4.05. The molecule has 1 N–H and O–H groups in total. The highest BCUT2D eigenvalue weighted by Crippen LogP contribution is 2.23. The minimum absolute atomic E-state index is 0.917. The van der Waals surface area contributed by atoms with E-state index >= 15 is 0 Å². The molecule has 0 aliphatic carbocycles. The van der Waals surface area contributed by atoms with Gasteiger partial charge in [-0.3, -0.25) is 0 Å². The second-order valence-corrected chi connectivity index (χ2v) is 3.69. The van der Waals surface area contributed by atoms with E-state index in [1.54, 1.807) is 0 Å². The van der Waals surface area contributed by atoms with Crippen LogP contribution in [0.15, 0.2) is 35.7 Å². The lowest BCUT2D eigenvalue weighted by atomic mass is 10.1. The molecule has 0 aromatic carbocycles. The van der Waals surface area contributed by atoms with Crippen LogP contribution in [0.5, 0.6) is 0 Å². The predicted octanol–water partition coefficient (Wildman–Crippen LogP) is 2.62. The van der Waals surface area contributed by atoms with Crippen LogP contribution in [0.3, 0.4) is 0 Å². The van der Waals surface area contributed by atoms with Crippen LogP contribution in [0.1, 0.15) is 26.7 Å². The topological polar surface area (TPSA) is 15.3 Å². The zero-order valence-corrected chi connectivity index (χ0v) is 9.43. The molecule has 78 valence electrons. The third kappa shape index (κ3) is 2.19. The summed E-state index contributed by atoms with van der Waals surface area (Å²) in [6.45, 7) is 8.94. The summed E-state index contributed by atoms with van der Waals surface area (Å²) in [6.07, 6.45) is 6.26. The largest absolute Gasteiger partial charge is 0.366 e. The summed E-state index contributed by atoms with van der Waals surface area (Å²) in [7, 11) is 2.12. The summed E-state index contributed by atoms with van der Waals surface area (Å²) in [5.74, 6) is 0. The van der Waals surface area contributed by atoms with E-state index in [2.05, 4.69) is 43.8 Å². The maximum absolute atomic E-state index is 3.75. The van der Waals surface area contributed by atoms with E-state index in [1.165, 1.54) is 17.0 Å². The average molecular weight is 192 g/mol. The molecule has 0 spiro atoms. The Hall–Kier alpha value is -1.18. The quantitative estimate of drug-likeness (QED) is 0.691. The van der Waals surface area contributed by atoms with Crippen molar-refractivity contribution in [3.8, 4) is 0 Å². The van der Waals surface area contributed by atoms with Crippen LogP contribution in [0.4, 0.5) is 0 Å². The van der Waals surface area contributed by atoms with Crippen LogP contribution in [0.25, 0.3) is 0 Å². The lowest BCUT2D eigenvalue weighted by Crippen LogP contribution is -2.15. The van der Waals surface area contributed by atoms with Crippen molar-refractivity contribution in [1.29, 1.82) is 0 Å². The van der Waals surface area contributed by atoms with Crippen molar-refractivity contribution < 1.29 is 0 Å². The van der Waals surface area contributed by atoms with Gasteiger partial charge in [0.2, 0.25) is 0 Å². The molecule has 1 fully saturated rings. The molecule has 1 heterocycles. The van der Waals surface area contributed by atoms with Crippen molar-refractivity contribution in [2.75, 3.05) is 13.7 Å². The lowest BCUT2D eigenvalue weighted by Gasteiger charge is -2.14. The Bertz CT molecular complexity index is 274. The number of nitrogens with zero attached hydrogens (tertiary/aromatic N) is 1. The van der Waals surface area contributed by atoms with Gasteiger partial charge >= 0.3 is 0 Å². The Balaban J connectivity index is 2.85. The molecule has 0 bridgehead atoms. The summed E-state index contributed by atoms with van der Waals surface area (Å²) in [4.78, 5) is 2.26. The van der Waals surface area contributed by atoms with Gasteiger partial charge in [0, 0.05) is 7.05 Å². The summed E-state index contributed by atoms with van der Waals surface area (Å²) in [6, 6.07) is 0. The Labute approximate surface area is 87.0 Å². The number of nitrogens with one attached hydrogen (secondary N) is 1. The van der Waals surface area contributed by atoms with Gasteiger partial charge in [0.05, 0.1) is 18.1 Å². The zero-order valence-electron chi connectivity index (χ0n) is 9.43. The summed E-state index contributed by atoms with van der Waals surface area (Å²) in [5, 5.41) is 3.37. The monoisotopic (exact) mass is 192 g/mol. The van der Waals surface area contributed by atoms with Crippen molar-refractivity contribution in [2.45, 2.75) is 26.7 Å². The van der Waals surface area contributed by atoms with Gasteiger partial charge in [0.25, 0.3) is 0 Å². The highest BCUT2D eigenvalue weighted by Gasteiger charge is 2.18. The number of hydrogen-bond acceptors (Lipinski definition) is 2. The maximum atomic E-state index is 3.75. The molecule has 0 saturated carbocycles. The van der Waals surface area contributed by atoms with Gasteiger partial charge in [0.1, 0.15) is 0 Å². The van der Waals surface area contributed by atoms with Crippen LogP contribution in [0, 0.1) is 0 Å². The molecular weight excluding hydrogens is 172 g/mol. The number of hydrogen-bond donors (Lipinski definition) is 1. The van der Waals surface area contributed by atoms with Gasteiger partial charge in [0.15, 0.2) is 0 Å². The molecular formula is C12H20N2. The van der Waals surface area contributed by atoms with Gasteiger partial charge in [-0.1, -0.05) is 12.2 Å². The average Bonchev–Trinajstić information content (AvgIpc) is 2.56. The molecule has 0 radical (unpaired) electrons. The first-order valence-electron chi connectivity index (χ1n) is 5.13. The lowest BCUT2D eigenvalue weighted by molar-refractivity contribution is 0.460. The van der Waals surface area contributed by atoms with Crippen molar-refractivity contribution in [3.05, 3.63) is 35.7 Å². The fourth-order valence-electron chi connectivity index (χ4n) is 1.80. The van der Waals surface area contributed by atoms with Crippen molar-refractivity contribution in [1.82, 2.24) is 10.2 Å². The van der Waals surface area contributed by atoms with Crippen LogP contribution in [-0.4, -0.2) is 18.6 Å². The summed E-state index contributed by atoms with van der Waals surface area (Å²) < 4.78 is 0. The standard InChI is InChI=1S/C12H20N2/c1-5-7-8-10(3)12-11(6-2)13-9-14(12)4/h5-6,13H,1,7-9H2,2-4H3/b11-6+,12-10-. The van der Waals surface area contributed by atoms with E-state index in [0.29, 0.717) is 0 Å². The Morgan fingerprint density at radius 1 is 1.64 bits per heavy atom. The van der Waals surface area contributed by atoms with Gasteiger partial charge in [-0.05, 0) is 32.3 Å². The molecule has 14 heavy (non-hydrogen) atoms. The molecule has 0 aromatic heterocycles. The molecule has 1 saturated heterocycles. The number of likely N-dealkylation sites (N-methyl/N-ethyl adjacent to an activating group) is 1. The van der Waals surface area contributed by atoms with E-state index < -0.39 is 0 Å². The van der Waals surface area contributed by atoms with Crippen molar-refractivity contribution in [2.24, 2.45) is 0 Å². The summed E-state index contributed by atoms with van der Waals surface area (Å²) >= 11 is 0. The SMILES string of the molecule is C=CCC/C(C)=C1/C(=C\C)NCN1C. The Kier molecular flexibility index (Phi) is 3.81. The van der Waals surface area contributed by atoms with Gasteiger partial charge in [-0.15, -0.1) is 6.58 Å². The second kappa shape index (κ2) is 4.89. The molecule has 1 aliphatic rings.